The molecule has 1 saturated heterocycles. The van der Waals surface area contributed by atoms with Gasteiger partial charge in [-0.2, -0.15) is 0 Å². The van der Waals surface area contributed by atoms with Crippen LogP contribution in [0.4, 0.5) is 11.5 Å². The molecule has 0 spiro atoms. The van der Waals surface area contributed by atoms with Crippen molar-refractivity contribution in [3.05, 3.63) is 35.6 Å². The number of hydrogen-bond donors (Lipinski definition) is 1. The number of carbonyl (C=O) groups is 1. The Morgan fingerprint density at radius 3 is 2.97 bits per heavy atom. The molecule has 0 radical (unpaired) electrons. The first-order valence-corrected chi connectivity index (χ1v) is 10.9. The average Bonchev–Trinajstić information content (AvgIpc) is 2.96. The van der Waals surface area contributed by atoms with Gasteiger partial charge in [0, 0.05) is 32.3 Å². The van der Waals surface area contributed by atoms with Crippen molar-refractivity contribution in [3.63, 3.8) is 0 Å². The summed E-state index contributed by atoms with van der Waals surface area (Å²) in [7, 11) is 0. The lowest BCUT2D eigenvalue weighted by Crippen LogP contribution is -2.41. The van der Waals surface area contributed by atoms with Gasteiger partial charge in [-0.3, -0.25) is 4.79 Å². The molecule has 2 aliphatic rings. The van der Waals surface area contributed by atoms with Crippen LogP contribution >= 0.6 is 11.6 Å². The summed E-state index contributed by atoms with van der Waals surface area (Å²) in [6, 6.07) is 3.52. The van der Waals surface area contributed by atoms with Gasteiger partial charge in [-0.1, -0.05) is 18.0 Å². The minimum absolute atomic E-state index is 0.0412. The van der Waals surface area contributed by atoms with Gasteiger partial charge in [0.25, 0.3) is 0 Å². The topological polar surface area (TPSA) is 88.8 Å². The first kappa shape index (κ1) is 19.2. The largest absolute Gasteiger partial charge is 0.354 e. The van der Waals surface area contributed by atoms with Crippen molar-refractivity contribution < 1.29 is 4.79 Å². The van der Waals surface area contributed by atoms with Crippen LogP contribution in [0.25, 0.3) is 11.2 Å². The highest BCUT2D eigenvalue weighted by atomic mass is 35.5. The number of amides is 1. The summed E-state index contributed by atoms with van der Waals surface area (Å²) < 4.78 is 2.24. The minimum Gasteiger partial charge on any atom is -0.354 e. The molecule has 3 aromatic rings. The lowest BCUT2D eigenvalue weighted by Gasteiger charge is -2.32. The molecule has 30 heavy (non-hydrogen) atoms. The average molecular weight is 426 g/mol. The maximum Gasteiger partial charge on any atom is 0.229 e. The number of carbonyl (C=O) groups excluding carboxylic acids is 1. The molecular weight excluding hydrogens is 402 g/mol. The maximum atomic E-state index is 12.9. The first-order chi connectivity index (χ1) is 14.7. The number of pyridine rings is 1. The summed E-state index contributed by atoms with van der Waals surface area (Å²) in [5.41, 5.74) is 2.31. The monoisotopic (exact) mass is 425 g/mol. The molecule has 2 aliphatic heterocycles. The number of aromatic nitrogens is 5. The van der Waals surface area contributed by atoms with Gasteiger partial charge in [-0.15, -0.1) is 0 Å². The van der Waals surface area contributed by atoms with Gasteiger partial charge in [0.15, 0.2) is 22.1 Å². The molecule has 156 valence electrons. The van der Waals surface area contributed by atoms with Crippen LogP contribution in [-0.2, 0) is 17.8 Å². The van der Waals surface area contributed by atoms with Crippen LogP contribution in [0.3, 0.4) is 0 Å². The Labute approximate surface area is 179 Å². The number of aryl methyl sites for hydroxylation is 2. The normalized spacial score (nSPS) is 19.4. The van der Waals surface area contributed by atoms with Crippen molar-refractivity contribution in [2.45, 2.75) is 45.1 Å². The molecule has 8 nitrogen and oxygen atoms in total. The number of imidazole rings is 1. The van der Waals surface area contributed by atoms with Gasteiger partial charge in [-0.05, 0) is 37.8 Å². The summed E-state index contributed by atoms with van der Waals surface area (Å²) in [4.78, 5) is 33.1. The molecule has 0 aliphatic carbocycles. The van der Waals surface area contributed by atoms with E-state index < -0.39 is 0 Å². The molecule has 5 heterocycles. The first-order valence-electron chi connectivity index (χ1n) is 10.6. The second kappa shape index (κ2) is 8.18. The SMILES string of the molecule is O=C(Nc1cccnc1Cl)[C@H]1CCCN(c2ncnc3c2nc2n3CCCCC2)C1. The third-order valence-electron chi connectivity index (χ3n) is 5.98. The van der Waals surface area contributed by atoms with E-state index in [1.807, 2.05) is 0 Å². The lowest BCUT2D eigenvalue weighted by atomic mass is 9.97. The van der Waals surface area contributed by atoms with Crippen molar-refractivity contribution in [3.8, 4) is 0 Å². The van der Waals surface area contributed by atoms with Gasteiger partial charge >= 0.3 is 0 Å². The van der Waals surface area contributed by atoms with Crippen LogP contribution in [0.5, 0.6) is 0 Å². The zero-order chi connectivity index (χ0) is 20.5. The Morgan fingerprint density at radius 1 is 1.13 bits per heavy atom. The van der Waals surface area contributed by atoms with Crippen LogP contribution in [0.15, 0.2) is 24.7 Å². The molecule has 1 fully saturated rings. The Hall–Kier alpha value is -2.74. The molecule has 0 saturated carbocycles. The van der Waals surface area contributed by atoms with Crippen molar-refractivity contribution in [2.24, 2.45) is 5.92 Å². The van der Waals surface area contributed by atoms with E-state index in [0.717, 1.165) is 68.0 Å². The quantitative estimate of drug-likeness (QED) is 0.646. The summed E-state index contributed by atoms with van der Waals surface area (Å²) in [5.74, 6) is 1.74. The van der Waals surface area contributed by atoms with Crippen LogP contribution in [0.2, 0.25) is 5.15 Å². The smallest absolute Gasteiger partial charge is 0.229 e. The number of hydrogen-bond acceptors (Lipinski definition) is 6. The minimum atomic E-state index is -0.152. The van der Waals surface area contributed by atoms with Gasteiger partial charge in [0.1, 0.15) is 12.2 Å². The van der Waals surface area contributed by atoms with Crippen molar-refractivity contribution in [2.75, 3.05) is 23.3 Å². The van der Waals surface area contributed by atoms with Crippen LogP contribution in [0, 0.1) is 5.92 Å². The molecule has 1 N–H and O–H groups in total. The molecule has 0 bridgehead atoms. The second-order valence-electron chi connectivity index (χ2n) is 7.98. The van der Waals surface area contributed by atoms with E-state index in [9.17, 15) is 4.79 Å². The van der Waals surface area contributed by atoms with E-state index >= 15 is 0 Å². The molecular formula is C21H24ClN7O. The fourth-order valence-electron chi connectivity index (χ4n) is 4.45. The van der Waals surface area contributed by atoms with E-state index in [-0.39, 0.29) is 11.8 Å². The molecule has 1 atom stereocenters. The van der Waals surface area contributed by atoms with E-state index in [0.29, 0.717) is 17.4 Å². The van der Waals surface area contributed by atoms with Crippen molar-refractivity contribution >= 4 is 40.2 Å². The van der Waals surface area contributed by atoms with E-state index in [1.165, 1.54) is 6.42 Å². The van der Waals surface area contributed by atoms with Gasteiger partial charge < -0.3 is 14.8 Å². The number of fused-ring (bicyclic) bond motifs is 3. The number of nitrogens with one attached hydrogen (secondary N) is 1. The third-order valence-corrected chi connectivity index (χ3v) is 6.28. The predicted molar refractivity (Wildman–Crippen MR) is 116 cm³/mol. The summed E-state index contributed by atoms with van der Waals surface area (Å²) >= 11 is 6.09. The van der Waals surface area contributed by atoms with Crippen molar-refractivity contribution in [1.82, 2.24) is 24.5 Å². The molecule has 0 unspecified atom stereocenters. The van der Waals surface area contributed by atoms with E-state index in [4.69, 9.17) is 16.6 Å². The predicted octanol–water partition coefficient (Wildman–Crippen LogP) is 3.46. The maximum absolute atomic E-state index is 12.9. The highest BCUT2D eigenvalue weighted by molar-refractivity contribution is 6.32. The molecule has 1 amide bonds. The van der Waals surface area contributed by atoms with Crippen LogP contribution in [-0.4, -0.2) is 43.5 Å². The molecule has 3 aromatic heterocycles. The fraction of sp³-hybridized carbons (Fsp3) is 0.476. The number of halogens is 1. The summed E-state index contributed by atoms with van der Waals surface area (Å²) in [5, 5.41) is 3.22. The van der Waals surface area contributed by atoms with Crippen LogP contribution in [0.1, 0.15) is 37.9 Å². The summed E-state index contributed by atoms with van der Waals surface area (Å²) in [6.45, 7) is 2.41. The highest BCUT2D eigenvalue weighted by Gasteiger charge is 2.29. The Morgan fingerprint density at radius 2 is 2.07 bits per heavy atom. The number of rotatable bonds is 3. The van der Waals surface area contributed by atoms with Gasteiger partial charge in [0.05, 0.1) is 11.6 Å². The van der Waals surface area contributed by atoms with Crippen LogP contribution < -0.4 is 10.2 Å². The Kier molecular flexibility index (Phi) is 5.25. The lowest BCUT2D eigenvalue weighted by molar-refractivity contribution is -0.120. The third kappa shape index (κ3) is 3.60. The number of nitrogens with zero attached hydrogens (tertiary/aromatic N) is 6. The molecule has 5 rings (SSSR count). The zero-order valence-corrected chi connectivity index (χ0v) is 17.5. The van der Waals surface area contributed by atoms with Crippen molar-refractivity contribution in [1.29, 1.82) is 0 Å². The van der Waals surface area contributed by atoms with Gasteiger partial charge in [-0.25, -0.2) is 19.9 Å². The van der Waals surface area contributed by atoms with Gasteiger partial charge in [0.2, 0.25) is 5.91 Å². The Bertz CT molecular complexity index is 1080. The molecule has 9 heteroatoms. The number of piperidine rings is 1. The summed E-state index contributed by atoms with van der Waals surface area (Å²) in [6.07, 6.45) is 9.49. The zero-order valence-electron chi connectivity index (χ0n) is 16.7. The van der Waals surface area contributed by atoms with E-state index in [2.05, 4.69) is 29.7 Å². The standard InChI is InChI=1S/C21H24ClN7O/c22-18-15(7-4-9-23-18)26-21(30)14-6-5-10-28(12-14)19-17-20(25-13-24-19)29-11-3-1-2-8-16(29)27-17/h4,7,9,13-14H,1-3,5-6,8,10-12H2,(H,26,30)/t14-/m0/s1. The number of anilines is 2. The second-order valence-corrected chi connectivity index (χ2v) is 8.33. The fourth-order valence-corrected chi connectivity index (χ4v) is 4.62. The Balaban J connectivity index is 1.39. The highest BCUT2D eigenvalue weighted by Crippen LogP contribution is 2.30. The van der Waals surface area contributed by atoms with E-state index in [1.54, 1.807) is 24.7 Å². The molecule has 0 aromatic carbocycles.